The highest BCUT2D eigenvalue weighted by Gasteiger charge is 2.36. The number of morpholine rings is 1. The van der Waals surface area contributed by atoms with E-state index in [1.807, 2.05) is 23.5 Å². The molecule has 0 spiro atoms. The molecule has 1 aliphatic heterocycles. The summed E-state index contributed by atoms with van der Waals surface area (Å²) in [5.74, 6) is 3.43. The lowest BCUT2D eigenvalue weighted by Gasteiger charge is -2.45. The topological polar surface area (TPSA) is 25.4 Å². The molecular weight excluding hydrogens is 435 g/mol. The van der Waals surface area contributed by atoms with Gasteiger partial charge in [-0.05, 0) is 63.6 Å². The lowest BCUT2D eigenvalue weighted by Crippen LogP contribution is -2.55. The summed E-state index contributed by atoms with van der Waals surface area (Å²) >= 11 is 7.94. The summed E-state index contributed by atoms with van der Waals surface area (Å²) in [5, 5.41) is 2.11. The van der Waals surface area contributed by atoms with Gasteiger partial charge in [0.05, 0.1) is 17.3 Å². The molecular formula is C24H30Cl2N2OS. The van der Waals surface area contributed by atoms with Crippen molar-refractivity contribution < 1.29 is 4.74 Å². The van der Waals surface area contributed by atoms with E-state index in [-0.39, 0.29) is 18.5 Å². The summed E-state index contributed by atoms with van der Waals surface area (Å²) in [5.41, 5.74) is 2.50. The molecule has 2 heterocycles. The van der Waals surface area contributed by atoms with Crippen molar-refractivity contribution in [2.75, 3.05) is 13.2 Å². The quantitative estimate of drug-likeness (QED) is 0.533. The SMILES string of the molecule is C#C[C@H]1CN(C2CCC(c3nc(C)c(C)s3)CC2)[C@@H](Cc2ccc(Cl)cc2)CO1.Cl. The first-order valence-corrected chi connectivity index (χ1v) is 11.7. The van der Waals surface area contributed by atoms with Gasteiger partial charge in [-0.2, -0.15) is 0 Å². The first kappa shape index (κ1) is 23.6. The van der Waals surface area contributed by atoms with E-state index >= 15 is 0 Å². The normalized spacial score (nSPS) is 27.3. The molecule has 3 nitrogen and oxygen atoms in total. The molecule has 30 heavy (non-hydrogen) atoms. The minimum Gasteiger partial charge on any atom is -0.363 e. The molecule has 2 aliphatic rings. The third-order valence-electron chi connectivity index (χ3n) is 6.47. The minimum absolute atomic E-state index is 0. The molecule has 0 unspecified atom stereocenters. The van der Waals surface area contributed by atoms with Gasteiger partial charge in [-0.3, -0.25) is 4.90 Å². The number of hydrogen-bond donors (Lipinski definition) is 0. The molecule has 6 heteroatoms. The van der Waals surface area contributed by atoms with Crippen LogP contribution in [0.15, 0.2) is 24.3 Å². The fourth-order valence-corrected chi connectivity index (χ4v) is 5.88. The second-order valence-electron chi connectivity index (χ2n) is 8.37. The highest BCUT2D eigenvalue weighted by Crippen LogP contribution is 2.38. The highest BCUT2D eigenvalue weighted by molar-refractivity contribution is 7.11. The number of hydrogen-bond acceptors (Lipinski definition) is 4. The van der Waals surface area contributed by atoms with Crippen LogP contribution >= 0.6 is 35.3 Å². The second kappa shape index (κ2) is 10.5. The lowest BCUT2D eigenvalue weighted by molar-refractivity contribution is -0.0625. The fraction of sp³-hybridized carbons (Fsp3) is 0.542. The van der Waals surface area contributed by atoms with Crippen LogP contribution in [-0.2, 0) is 11.2 Å². The van der Waals surface area contributed by atoms with E-state index in [1.54, 1.807) is 0 Å². The van der Waals surface area contributed by atoms with Crippen molar-refractivity contribution in [2.45, 2.75) is 70.1 Å². The number of thiazole rings is 1. The minimum atomic E-state index is -0.0987. The first-order valence-electron chi connectivity index (χ1n) is 10.6. The van der Waals surface area contributed by atoms with E-state index in [1.165, 1.54) is 46.8 Å². The summed E-state index contributed by atoms with van der Waals surface area (Å²) in [4.78, 5) is 8.82. The molecule has 1 saturated heterocycles. The number of terminal acetylenes is 1. The number of halogens is 2. The van der Waals surface area contributed by atoms with Gasteiger partial charge in [0.1, 0.15) is 6.10 Å². The van der Waals surface area contributed by atoms with Crippen LogP contribution in [0.5, 0.6) is 0 Å². The van der Waals surface area contributed by atoms with E-state index < -0.39 is 0 Å². The van der Waals surface area contributed by atoms with Gasteiger partial charge in [0.25, 0.3) is 0 Å². The molecule has 1 saturated carbocycles. The summed E-state index contributed by atoms with van der Waals surface area (Å²) in [6, 6.07) is 9.13. The predicted molar refractivity (Wildman–Crippen MR) is 128 cm³/mol. The molecule has 1 aromatic heterocycles. The van der Waals surface area contributed by atoms with Crippen LogP contribution in [0.3, 0.4) is 0 Å². The Morgan fingerprint density at radius 2 is 1.90 bits per heavy atom. The average Bonchev–Trinajstić information content (AvgIpc) is 3.08. The Balaban J connectivity index is 0.00000256. The number of nitrogens with zero attached hydrogens (tertiary/aromatic N) is 2. The maximum Gasteiger partial charge on any atom is 0.130 e. The van der Waals surface area contributed by atoms with Gasteiger partial charge in [-0.1, -0.05) is 29.7 Å². The number of aromatic nitrogens is 1. The van der Waals surface area contributed by atoms with Crippen LogP contribution in [0.25, 0.3) is 0 Å². The maximum atomic E-state index is 6.06. The van der Waals surface area contributed by atoms with Gasteiger partial charge in [0.2, 0.25) is 0 Å². The monoisotopic (exact) mass is 464 g/mol. The standard InChI is InChI=1S/C24H29ClN2OS.ClH/c1-4-23-14-27(22(15-28-23)13-18-5-9-20(25)10-6-18)21-11-7-19(8-12-21)24-26-16(2)17(3)29-24;/h1,5-6,9-10,19,21-23H,7-8,11-15H2,2-3H3;1H/t19?,21?,22-,23-;/m0./s1. The zero-order valence-corrected chi connectivity index (χ0v) is 20.0. The van der Waals surface area contributed by atoms with Crippen LogP contribution in [-0.4, -0.2) is 41.2 Å². The van der Waals surface area contributed by atoms with Crippen molar-refractivity contribution in [2.24, 2.45) is 0 Å². The van der Waals surface area contributed by atoms with Gasteiger partial charge in [-0.15, -0.1) is 30.2 Å². The Hall–Kier alpha value is -1.09. The lowest BCUT2D eigenvalue weighted by atomic mass is 9.84. The average molecular weight is 465 g/mol. The Labute approximate surface area is 195 Å². The van der Waals surface area contributed by atoms with Crippen LogP contribution in [0.1, 0.15) is 52.7 Å². The summed E-state index contributed by atoms with van der Waals surface area (Å²) in [7, 11) is 0. The Morgan fingerprint density at radius 1 is 1.20 bits per heavy atom. The molecule has 162 valence electrons. The third-order valence-corrected chi connectivity index (χ3v) is 7.95. The molecule has 2 fully saturated rings. The molecule has 0 N–H and O–H groups in total. The molecule has 0 radical (unpaired) electrons. The van der Waals surface area contributed by atoms with E-state index in [0.29, 0.717) is 24.6 Å². The molecule has 0 amide bonds. The smallest absolute Gasteiger partial charge is 0.130 e. The molecule has 4 rings (SSSR count). The van der Waals surface area contributed by atoms with Crippen molar-refractivity contribution in [1.82, 2.24) is 9.88 Å². The third kappa shape index (κ3) is 5.39. The zero-order chi connectivity index (χ0) is 20.4. The van der Waals surface area contributed by atoms with Crippen molar-refractivity contribution >= 4 is 35.3 Å². The summed E-state index contributed by atoms with van der Waals surface area (Å²) in [6.45, 7) is 5.83. The molecule has 2 atom stereocenters. The first-order chi connectivity index (χ1) is 14.0. The van der Waals surface area contributed by atoms with Gasteiger partial charge in [0, 0.05) is 34.4 Å². The summed E-state index contributed by atoms with van der Waals surface area (Å²) < 4.78 is 5.95. The van der Waals surface area contributed by atoms with Crippen molar-refractivity contribution in [3.8, 4) is 12.3 Å². The van der Waals surface area contributed by atoms with Crippen molar-refractivity contribution in [1.29, 1.82) is 0 Å². The van der Waals surface area contributed by atoms with E-state index in [0.717, 1.165) is 18.0 Å². The molecule has 2 aromatic rings. The largest absolute Gasteiger partial charge is 0.363 e. The number of aryl methyl sites for hydroxylation is 2. The molecule has 1 aliphatic carbocycles. The van der Waals surface area contributed by atoms with Gasteiger partial charge in [0.15, 0.2) is 0 Å². The van der Waals surface area contributed by atoms with Crippen molar-refractivity contribution in [3.63, 3.8) is 0 Å². The van der Waals surface area contributed by atoms with Crippen LogP contribution < -0.4 is 0 Å². The fourth-order valence-electron chi connectivity index (χ4n) is 4.66. The van der Waals surface area contributed by atoms with E-state index in [4.69, 9.17) is 27.7 Å². The van der Waals surface area contributed by atoms with Crippen LogP contribution in [0, 0.1) is 26.2 Å². The van der Waals surface area contributed by atoms with E-state index in [2.05, 4.69) is 36.8 Å². The van der Waals surface area contributed by atoms with Gasteiger partial charge >= 0.3 is 0 Å². The number of ether oxygens (including phenoxy) is 1. The highest BCUT2D eigenvalue weighted by atomic mass is 35.5. The summed E-state index contributed by atoms with van der Waals surface area (Å²) in [6.07, 6.45) is 11.4. The maximum absolute atomic E-state index is 6.06. The zero-order valence-electron chi connectivity index (χ0n) is 17.6. The van der Waals surface area contributed by atoms with Gasteiger partial charge in [-0.25, -0.2) is 4.98 Å². The van der Waals surface area contributed by atoms with Gasteiger partial charge < -0.3 is 4.74 Å². The van der Waals surface area contributed by atoms with Crippen LogP contribution in [0.2, 0.25) is 5.02 Å². The van der Waals surface area contributed by atoms with E-state index in [9.17, 15) is 0 Å². The molecule has 0 bridgehead atoms. The Morgan fingerprint density at radius 3 is 2.50 bits per heavy atom. The predicted octanol–water partition coefficient (Wildman–Crippen LogP) is 5.81. The Kier molecular flexibility index (Phi) is 8.24. The van der Waals surface area contributed by atoms with Crippen LogP contribution in [0.4, 0.5) is 0 Å². The molecule has 1 aromatic carbocycles. The number of benzene rings is 1. The second-order valence-corrected chi connectivity index (χ2v) is 10.0. The Bertz CT molecular complexity index is 849. The number of rotatable bonds is 4. The van der Waals surface area contributed by atoms with Crippen molar-refractivity contribution in [3.05, 3.63) is 50.4 Å².